The van der Waals surface area contributed by atoms with Crippen molar-refractivity contribution < 1.29 is 4.74 Å². The van der Waals surface area contributed by atoms with Crippen molar-refractivity contribution in [3.63, 3.8) is 0 Å². The molecular formula is C18H22N2OS. The molecule has 116 valence electrons. The van der Waals surface area contributed by atoms with E-state index < -0.39 is 0 Å². The third kappa shape index (κ3) is 4.21. The highest BCUT2D eigenvalue weighted by Crippen LogP contribution is 2.17. The number of hydrogen-bond acceptors (Lipinski definition) is 2. The summed E-state index contributed by atoms with van der Waals surface area (Å²) in [4.78, 5) is 2.12. The van der Waals surface area contributed by atoms with Crippen molar-refractivity contribution in [3.8, 4) is 5.75 Å². The number of nitrogens with one attached hydrogen (secondary N) is 1. The zero-order valence-electron chi connectivity index (χ0n) is 13.2. The molecule has 3 nitrogen and oxygen atoms in total. The number of rotatable bonds is 5. The van der Waals surface area contributed by atoms with Gasteiger partial charge in [-0.2, -0.15) is 0 Å². The third-order valence-corrected chi connectivity index (χ3v) is 3.71. The predicted molar refractivity (Wildman–Crippen MR) is 96.5 cm³/mol. The van der Waals surface area contributed by atoms with Crippen molar-refractivity contribution in [2.75, 3.05) is 12.0 Å². The lowest BCUT2D eigenvalue weighted by atomic mass is 10.2. The van der Waals surface area contributed by atoms with Crippen LogP contribution in [0.4, 0.5) is 5.69 Å². The van der Waals surface area contributed by atoms with Gasteiger partial charge in [-0.15, -0.1) is 0 Å². The molecule has 0 aliphatic heterocycles. The highest BCUT2D eigenvalue weighted by molar-refractivity contribution is 7.80. The lowest BCUT2D eigenvalue weighted by Gasteiger charge is -2.29. The van der Waals surface area contributed by atoms with E-state index in [2.05, 4.69) is 36.2 Å². The van der Waals surface area contributed by atoms with E-state index in [1.165, 1.54) is 5.56 Å². The molecule has 2 rings (SSSR count). The number of thiocarbonyl (C=S) groups is 1. The molecule has 0 fully saturated rings. The summed E-state index contributed by atoms with van der Waals surface area (Å²) in [5.41, 5.74) is 2.27. The third-order valence-electron chi connectivity index (χ3n) is 3.37. The standard InChI is InChI=1S/C18H22N2OS/c1-14(2)20(16-7-5-4-6-8-16)18(22)19-13-15-9-11-17(21-3)12-10-15/h4-12,14H,13H2,1-3H3,(H,19,22). The second kappa shape index (κ2) is 7.80. The molecule has 1 N–H and O–H groups in total. The average Bonchev–Trinajstić information content (AvgIpc) is 2.54. The average molecular weight is 314 g/mol. The van der Waals surface area contributed by atoms with Gasteiger partial charge in [0.05, 0.1) is 7.11 Å². The summed E-state index contributed by atoms with van der Waals surface area (Å²) in [5, 5.41) is 4.07. The van der Waals surface area contributed by atoms with E-state index in [4.69, 9.17) is 17.0 Å². The van der Waals surface area contributed by atoms with E-state index >= 15 is 0 Å². The zero-order valence-corrected chi connectivity index (χ0v) is 14.1. The van der Waals surface area contributed by atoms with Crippen LogP contribution >= 0.6 is 12.2 Å². The van der Waals surface area contributed by atoms with Crippen LogP contribution in [0.1, 0.15) is 19.4 Å². The summed E-state index contributed by atoms with van der Waals surface area (Å²) in [7, 11) is 1.67. The molecule has 2 aromatic carbocycles. The Morgan fingerprint density at radius 1 is 1.09 bits per heavy atom. The Morgan fingerprint density at radius 3 is 2.27 bits per heavy atom. The van der Waals surface area contributed by atoms with Crippen LogP contribution in [0, 0.1) is 0 Å². The first kappa shape index (κ1) is 16.3. The summed E-state index contributed by atoms with van der Waals surface area (Å²) in [6.07, 6.45) is 0. The van der Waals surface area contributed by atoms with Gasteiger partial charge in [0.25, 0.3) is 0 Å². The molecule has 22 heavy (non-hydrogen) atoms. The summed E-state index contributed by atoms with van der Waals surface area (Å²) < 4.78 is 5.17. The minimum Gasteiger partial charge on any atom is -0.497 e. The molecule has 0 spiro atoms. The number of nitrogens with zero attached hydrogens (tertiary/aromatic N) is 1. The lowest BCUT2D eigenvalue weighted by molar-refractivity contribution is 0.414. The van der Waals surface area contributed by atoms with Crippen LogP contribution in [0.3, 0.4) is 0 Å². The van der Waals surface area contributed by atoms with Gasteiger partial charge in [0, 0.05) is 18.3 Å². The molecule has 2 aromatic rings. The van der Waals surface area contributed by atoms with Crippen LogP contribution in [-0.4, -0.2) is 18.3 Å². The lowest BCUT2D eigenvalue weighted by Crippen LogP contribution is -2.43. The molecule has 0 saturated carbocycles. The smallest absolute Gasteiger partial charge is 0.173 e. The number of para-hydroxylation sites is 1. The largest absolute Gasteiger partial charge is 0.497 e. The molecule has 0 aliphatic rings. The second-order valence-electron chi connectivity index (χ2n) is 5.31. The van der Waals surface area contributed by atoms with E-state index in [1.54, 1.807) is 7.11 Å². The Kier molecular flexibility index (Phi) is 5.78. The van der Waals surface area contributed by atoms with E-state index in [1.807, 2.05) is 42.5 Å². The van der Waals surface area contributed by atoms with Gasteiger partial charge in [0.2, 0.25) is 0 Å². The number of hydrogen-bond donors (Lipinski definition) is 1. The first-order valence-corrected chi connectivity index (χ1v) is 7.77. The SMILES string of the molecule is COc1ccc(CNC(=S)N(c2ccccc2)C(C)C)cc1. The Labute approximate surface area is 137 Å². The molecule has 0 atom stereocenters. The maximum atomic E-state index is 5.57. The van der Waals surface area contributed by atoms with Crippen LogP contribution in [0.25, 0.3) is 0 Å². The van der Waals surface area contributed by atoms with Crippen LogP contribution in [0.15, 0.2) is 54.6 Å². The Balaban J connectivity index is 2.02. The molecule has 0 radical (unpaired) electrons. The molecule has 4 heteroatoms. The Bertz CT molecular complexity index is 596. The molecule has 0 heterocycles. The molecule has 0 aromatic heterocycles. The number of benzene rings is 2. The van der Waals surface area contributed by atoms with Gasteiger partial charge in [-0.1, -0.05) is 30.3 Å². The summed E-state index contributed by atoms with van der Waals surface area (Å²) in [5.74, 6) is 0.861. The van der Waals surface area contributed by atoms with E-state index in [9.17, 15) is 0 Å². The van der Waals surface area contributed by atoms with Crippen LogP contribution in [0.2, 0.25) is 0 Å². The Morgan fingerprint density at radius 2 is 1.73 bits per heavy atom. The fourth-order valence-electron chi connectivity index (χ4n) is 2.24. The maximum absolute atomic E-state index is 5.57. The normalized spacial score (nSPS) is 10.4. The minimum absolute atomic E-state index is 0.290. The highest BCUT2D eigenvalue weighted by Gasteiger charge is 2.15. The Hall–Kier alpha value is -2.07. The molecule has 0 bridgehead atoms. The van der Waals surface area contributed by atoms with Crippen molar-refractivity contribution in [1.29, 1.82) is 0 Å². The van der Waals surface area contributed by atoms with Crippen molar-refractivity contribution in [3.05, 3.63) is 60.2 Å². The minimum atomic E-state index is 0.290. The van der Waals surface area contributed by atoms with E-state index in [0.29, 0.717) is 12.6 Å². The summed E-state index contributed by atoms with van der Waals surface area (Å²) in [6.45, 7) is 4.96. The van der Waals surface area contributed by atoms with Crippen molar-refractivity contribution in [1.82, 2.24) is 5.32 Å². The number of methoxy groups -OCH3 is 1. The number of ether oxygens (including phenoxy) is 1. The molecule has 0 aliphatic carbocycles. The van der Waals surface area contributed by atoms with Crippen LogP contribution < -0.4 is 15.0 Å². The fraction of sp³-hybridized carbons (Fsp3) is 0.278. The quantitative estimate of drug-likeness (QED) is 0.844. The van der Waals surface area contributed by atoms with Crippen molar-refractivity contribution >= 4 is 23.0 Å². The molecule has 0 amide bonds. The van der Waals surface area contributed by atoms with Gasteiger partial charge in [-0.3, -0.25) is 0 Å². The van der Waals surface area contributed by atoms with Crippen LogP contribution in [-0.2, 0) is 6.54 Å². The second-order valence-corrected chi connectivity index (χ2v) is 5.69. The van der Waals surface area contributed by atoms with Crippen molar-refractivity contribution in [2.24, 2.45) is 0 Å². The first-order valence-electron chi connectivity index (χ1n) is 7.37. The molecule has 0 saturated heterocycles. The molecule has 0 unspecified atom stereocenters. The van der Waals surface area contributed by atoms with Gasteiger partial charge in [-0.25, -0.2) is 0 Å². The predicted octanol–water partition coefficient (Wildman–Crippen LogP) is 3.98. The fourth-order valence-corrected chi connectivity index (χ4v) is 2.63. The first-order chi connectivity index (χ1) is 10.6. The maximum Gasteiger partial charge on any atom is 0.173 e. The monoisotopic (exact) mass is 314 g/mol. The van der Waals surface area contributed by atoms with Crippen LogP contribution in [0.5, 0.6) is 5.75 Å². The highest BCUT2D eigenvalue weighted by atomic mass is 32.1. The van der Waals surface area contributed by atoms with E-state index in [-0.39, 0.29) is 0 Å². The number of anilines is 1. The van der Waals surface area contributed by atoms with Gasteiger partial charge in [-0.05, 0) is 55.9 Å². The zero-order chi connectivity index (χ0) is 15.9. The summed E-state index contributed by atoms with van der Waals surface area (Å²) >= 11 is 5.57. The van der Waals surface area contributed by atoms with Gasteiger partial charge in [0.15, 0.2) is 5.11 Å². The van der Waals surface area contributed by atoms with Crippen molar-refractivity contribution in [2.45, 2.75) is 26.4 Å². The van der Waals surface area contributed by atoms with E-state index in [0.717, 1.165) is 16.5 Å². The topological polar surface area (TPSA) is 24.5 Å². The summed E-state index contributed by atoms with van der Waals surface area (Å²) in [6, 6.07) is 18.5. The molecular weight excluding hydrogens is 292 g/mol. The van der Waals surface area contributed by atoms with Gasteiger partial charge >= 0.3 is 0 Å². The van der Waals surface area contributed by atoms with Gasteiger partial charge in [0.1, 0.15) is 5.75 Å². The van der Waals surface area contributed by atoms with Gasteiger partial charge < -0.3 is 15.0 Å².